The quantitative estimate of drug-likeness (QED) is 0.890. The summed E-state index contributed by atoms with van der Waals surface area (Å²) in [6.07, 6.45) is 0. The van der Waals surface area contributed by atoms with Crippen LogP contribution in [0.3, 0.4) is 0 Å². The van der Waals surface area contributed by atoms with Crippen LogP contribution in [0.5, 0.6) is 0 Å². The monoisotopic (exact) mass is 374 g/mol. The van der Waals surface area contributed by atoms with Gasteiger partial charge in [0, 0.05) is 23.2 Å². The Balaban J connectivity index is 1.84. The van der Waals surface area contributed by atoms with E-state index >= 15 is 0 Å². The van der Waals surface area contributed by atoms with Gasteiger partial charge in [-0.25, -0.2) is 0 Å². The van der Waals surface area contributed by atoms with Crippen LogP contribution in [-0.2, 0) is 9.53 Å². The lowest BCUT2D eigenvalue weighted by atomic mass is 10.0. The van der Waals surface area contributed by atoms with Gasteiger partial charge in [-0.05, 0) is 29.8 Å². The summed E-state index contributed by atoms with van der Waals surface area (Å²) in [5.41, 5.74) is 1.88. The van der Waals surface area contributed by atoms with Crippen molar-refractivity contribution < 1.29 is 9.53 Å². The number of nitrogens with one attached hydrogen (secondary N) is 1. The van der Waals surface area contributed by atoms with E-state index in [1.165, 1.54) is 0 Å². The van der Waals surface area contributed by atoms with Gasteiger partial charge in [-0.3, -0.25) is 4.79 Å². The number of morpholine rings is 1. The normalized spacial score (nSPS) is 16.0. The van der Waals surface area contributed by atoms with E-state index in [1.54, 1.807) is 0 Å². The number of benzene rings is 2. The number of carbonyl (C=O) groups excluding carboxylic acids is 1. The molecule has 1 aliphatic heterocycles. The molecule has 2 aromatic rings. The maximum atomic E-state index is 13.0. The Morgan fingerprint density at radius 2 is 1.70 bits per heavy atom. The topological polar surface area (TPSA) is 41.6 Å². The van der Waals surface area contributed by atoms with Crippen LogP contribution in [0.1, 0.15) is 11.6 Å². The van der Waals surface area contributed by atoms with Crippen molar-refractivity contribution in [3.63, 3.8) is 0 Å². The Labute approximate surface area is 144 Å². The van der Waals surface area contributed by atoms with Crippen LogP contribution < -0.4 is 5.32 Å². The first-order valence-corrected chi connectivity index (χ1v) is 8.47. The van der Waals surface area contributed by atoms with Crippen LogP contribution in [0.4, 0.5) is 5.69 Å². The number of amides is 1. The largest absolute Gasteiger partial charge is 0.378 e. The number of halogens is 1. The molecule has 0 saturated carbocycles. The van der Waals surface area contributed by atoms with Crippen molar-refractivity contribution in [1.29, 1.82) is 0 Å². The van der Waals surface area contributed by atoms with Crippen LogP contribution in [0, 0.1) is 0 Å². The van der Waals surface area contributed by atoms with Crippen LogP contribution in [0.15, 0.2) is 59.1 Å². The summed E-state index contributed by atoms with van der Waals surface area (Å²) < 4.78 is 6.36. The zero-order valence-corrected chi connectivity index (χ0v) is 14.3. The summed E-state index contributed by atoms with van der Waals surface area (Å²) in [6.45, 7) is 2.49. The Hall–Kier alpha value is -1.85. The third-order valence-corrected chi connectivity index (χ3v) is 4.39. The summed E-state index contributed by atoms with van der Waals surface area (Å²) >= 11 is 3.43. The van der Waals surface area contributed by atoms with Gasteiger partial charge in [0.25, 0.3) is 0 Å². The highest BCUT2D eigenvalue weighted by Crippen LogP contribution is 2.23. The number of anilines is 1. The van der Waals surface area contributed by atoms with Crippen molar-refractivity contribution in [3.05, 3.63) is 64.6 Å². The smallest absolute Gasteiger partial charge is 0.249 e. The molecule has 1 heterocycles. The molecule has 1 amide bonds. The molecule has 1 saturated heterocycles. The van der Waals surface area contributed by atoms with Gasteiger partial charge in [-0.2, -0.15) is 0 Å². The molecule has 4 nitrogen and oxygen atoms in total. The lowest BCUT2D eigenvalue weighted by Gasteiger charge is -2.31. The van der Waals surface area contributed by atoms with Gasteiger partial charge in [-0.15, -0.1) is 0 Å². The number of nitrogens with zero attached hydrogens (tertiary/aromatic N) is 1. The Kier molecular flexibility index (Phi) is 5.31. The zero-order valence-electron chi connectivity index (χ0n) is 12.7. The van der Waals surface area contributed by atoms with Crippen LogP contribution in [-0.4, -0.2) is 37.1 Å². The predicted octanol–water partition coefficient (Wildman–Crippen LogP) is 3.46. The lowest BCUT2D eigenvalue weighted by molar-refractivity contribution is -0.136. The standard InChI is InChI=1S/C18H19BrN2O2/c19-15-6-8-16(9-7-15)20-17(14-4-2-1-3-5-14)18(22)21-10-12-23-13-11-21/h1-9,17,20H,10-13H2. The predicted molar refractivity (Wildman–Crippen MR) is 94.3 cm³/mol. The molecule has 23 heavy (non-hydrogen) atoms. The molecule has 1 fully saturated rings. The van der Waals surface area contributed by atoms with Crippen molar-refractivity contribution in [2.24, 2.45) is 0 Å². The SMILES string of the molecule is O=C(C(Nc1ccc(Br)cc1)c1ccccc1)N1CCOCC1. The highest BCUT2D eigenvalue weighted by Gasteiger charge is 2.27. The highest BCUT2D eigenvalue weighted by molar-refractivity contribution is 9.10. The first-order chi connectivity index (χ1) is 11.2. The van der Waals surface area contributed by atoms with Crippen molar-refractivity contribution in [1.82, 2.24) is 4.90 Å². The molecule has 3 rings (SSSR count). The minimum Gasteiger partial charge on any atom is -0.378 e. The minimum atomic E-state index is -0.393. The molecule has 1 atom stereocenters. The van der Waals surface area contributed by atoms with Gasteiger partial charge in [0.1, 0.15) is 6.04 Å². The molecule has 1 unspecified atom stereocenters. The van der Waals surface area contributed by atoms with E-state index in [9.17, 15) is 4.79 Å². The highest BCUT2D eigenvalue weighted by atomic mass is 79.9. The van der Waals surface area contributed by atoms with Crippen molar-refractivity contribution in [3.8, 4) is 0 Å². The fraction of sp³-hybridized carbons (Fsp3) is 0.278. The lowest BCUT2D eigenvalue weighted by Crippen LogP contribution is -2.44. The van der Waals surface area contributed by atoms with Gasteiger partial charge >= 0.3 is 0 Å². The first kappa shape index (κ1) is 16.0. The molecule has 1 N–H and O–H groups in total. The van der Waals surface area contributed by atoms with Gasteiger partial charge in [-0.1, -0.05) is 46.3 Å². The number of hydrogen-bond acceptors (Lipinski definition) is 3. The van der Waals surface area contributed by atoms with E-state index in [0.29, 0.717) is 26.3 Å². The molecule has 5 heteroatoms. The second kappa shape index (κ2) is 7.62. The molecule has 120 valence electrons. The summed E-state index contributed by atoms with van der Waals surface area (Å²) in [7, 11) is 0. The average molecular weight is 375 g/mol. The van der Waals surface area contributed by atoms with Crippen LogP contribution >= 0.6 is 15.9 Å². The molecule has 0 aliphatic carbocycles. The van der Waals surface area contributed by atoms with Gasteiger partial charge in [0.05, 0.1) is 13.2 Å². The second-order valence-electron chi connectivity index (χ2n) is 5.43. The molecule has 0 radical (unpaired) electrons. The van der Waals surface area contributed by atoms with E-state index in [4.69, 9.17) is 4.74 Å². The van der Waals surface area contributed by atoms with Crippen LogP contribution in [0.2, 0.25) is 0 Å². The first-order valence-electron chi connectivity index (χ1n) is 7.67. The Bertz CT molecular complexity index is 640. The van der Waals surface area contributed by atoms with E-state index in [-0.39, 0.29) is 5.91 Å². The summed E-state index contributed by atoms with van der Waals surface area (Å²) in [5, 5.41) is 3.37. The van der Waals surface area contributed by atoms with E-state index < -0.39 is 6.04 Å². The zero-order chi connectivity index (χ0) is 16.1. The maximum absolute atomic E-state index is 13.0. The van der Waals surface area contributed by atoms with Crippen molar-refractivity contribution in [2.45, 2.75) is 6.04 Å². The van der Waals surface area contributed by atoms with E-state index in [0.717, 1.165) is 15.7 Å². The molecular weight excluding hydrogens is 356 g/mol. The average Bonchev–Trinajstić information content (AvgIpc) is 2.62. The number of ether oxygens (including phenoxy) is 1. The molecule has 0 aromatic heterocycles. The Morgan fingerprint density at radius 3 is 2.35 bits per heavy atom. The molecule has 1 aliphatic rings. The van der Waals surface area contributed by atoms with Gasteiger partial charge in [0.15, 0.2) is 0 Å². The maximum Gasteiger partial charge on any atom is 0.249 e. The van der Waals surface area contributed by atoms with Gasteiger partial charge in [0.2, 0.25) is 5.91 Å². The number of hydrogen-bond donors (Lipinski definition) is 1. The number of rotatable bonds is 4. The minimum absolute atomic E-state index is 0.0856. The second-order valence-corrected chi connectivity index (χ2v) is 6.35. The third-order valence-electron chi connectivity index (χ3n) is 3.86. The molecular formula is C18H19BrN2O2. The fourth-order valence-corrected chi connectivity index (χ4v) is 2.88. The van der Waals surface area contributed by atoms with Crippen molar-refractivity contribution in [2.75, 3.05) is 31.6 Å². The molecule has 0 spiro atoms. The van der Waals surface area contributed by atoms with E-state index in [2.05, 4.69) is 21.2 Å². The van der Waals surface area contributed by atoms with E-state index in [1.807, 2.05) is 59.5 Å². The fourth-order valence-electron chi connectivity index (χ4n) is 2.61. The summed E-state index contributed by atoms with van der Waals surface area (Å²) in [5.74, 6) is 0.0856. The van der Waals surface area contributed by atoms with Gasteiger partial charge < -0.3 is 15.0 Å². The van der Waals surface area contributed by atoms with Crippen LogP contribution in [0.25, 0.3) is 0 Å². The molecule has 2 aromatic carbocycles. The Morgan fingerprint density at radius 1 is 1.04 bits per heavy atom. The van der Waals surface area contributed by atoms with Crippen molar-refractivity contribution >= 4 is 27.5 Å². The summed E-state index contributed by atoms with van der Waals surface area (Å²) in [6, 6.07) is 17.3. The molecule has 0 bridgehead atoms. The third kappa shape index (κ3) is 4.12. The number of carbonyl (C=O) groups is 1. The summed E-state index contributed by atoms with van der Waals surface area (Å²) in [4.78, 5) is 14.8.